The first-order chi connectivity index (χ1) is 19.5. The van der Waals surface area contributed by atoms with Crippen molar-refractivity contribution in [2.24, 2.45) is 50.2 Å². The third kappa shape index (κ3) is 4.17. The lowest BCUT2D eigenvalue weighted by molar-refractivity contribution is -0.241. The number of aliphatic hydroxyl groups is 4. The van der Waals surface area contributed by atoms with E-state index in [1.807, 2.05) is 0 Å². The highest BCUT2D eigenvalue weighted by Gasteiger charge is 2.68. The van der Waals surface area contributed by atoms with E-state index in [9.17, 15) is 25.2 Å². The SMILES string of the molecule is CC1(C)CC[C@]2(C[C@@H]3OC(CO)[C@H](O)C(O)C3O)CC[C@]3(C)C(=CCC4[C@@]5(C)CCC(=O)C(C)(C)C5CC[C@]43C)C2C1. The topological polar surface area (TPSA) is 107 Å². The molecule has 12 atom stereocenters. The Kier molecular flexibility index (Phi) is 7.32. The van der Waals surface area contributed by atoms with E-state index in [1.54, 1.807) is 5.57 Å². The van der Waals surface area contributed by atoms with Crippen LogP contribution in [-0.2, 0) is 9.53 Å². The first-order valence-electron chi connectivity index (χ1n) is 17.0. The molecule has 6 aliphatic rings. The molecule has 6 heteroatoms. The van der Waals surface area contributed by atoms with Crippen molar-refractivity contribution in [3.05, 3.63) is 11.6 Å². The molecule has 0 spiro atoms. The van der Waals surface area contributed by atoms with E-state index in [4.69, 9.17) is 4.74 Å². The molecule has 5 aliphatic carbocycles. The molecule has 0 amide bonds. The predicted molar refractivity (Wildman–Crippen MR) is 162 cm³/mol. The summed E-state index contributed by atoms with van der Waals surface area (Å²) < 4.78 is 6.14. The molecule has 0 aromatic rings. The number of carbonyl (C=O) groups is 1. The normalized spacial score (nSPS) is 53.2. The fourth-order valence-corrected chi connectivity index (χ4v) is 12.3. The number of hydrogen-bond acceptors (Lipinski definition) is 6. The summed E-state index contributed by atoms with van der Waals surface area (Å²) in [6.07, 6.45) is 8.52. The molecule has 1 heterocycles. The van der Waals surface area contributed by atoms with Crippen LogP contribution in [0.25, 0.3) is 0 Å². The Morgan fingerprint density at radius 2 is 1.50 bits per heavy atom. The number of Topliss-reactive ketones (excluding diaryl/α,β-unsaturated/α-hetero) is 1. The third-order valence-corrected chi connectivity index (χ3v) is 15.2. The van der Waals surface area contributed by atoms with Crippen molar-refractivity contribution >= 4 is 5.78 Å². The number of ketones is 1. The number of fused-ring (bicyclic) bond motifs is 7. The molecular formula is C36H58O6. The molecule has 0 radical (unpaired) electrons. The van der Waals surface area contributed by atoms with Gasteiger partial charge in [-0.1, -0.05) is 60.1 Å². The Morgan fingerprint density at radius 1 is 0.833 bits per heavy atom. The van der Waals surface area contributed by atoms with Gasteiger partial charge in [0.1, 0.15) is 30.2 Å². The lowest BCUT2D eigenvalue weighted by atomic mass is 9.33. The van der Waals surface area contributed by atoms with Crippen LogP contribution >= 0.6 is 0 Å². The predicted octanol–water partition coefficient (Wildman–Crippen LogP) is 5.59. The number of rotatable bonds is 3. The van der Waals surface area contributed by atoms with Crippen LogP contribution in [0.3, 0.4) is 0 Å². The standard InChI is InChI=1S/C36H58O6/c1-31(2)14-16-36(19-23-28(39)30(41)29(40)24(20-37)42-23)17-15-34(6)21(22(36)18-31)8-9-26-33(5)12-11-27(38)32(3,4)25(33)10-13-35(26,34)7/h8,22-26,28-30,37,39-41H,9-20H2,1-7H3/t22?,23-,24?,25?,26?,28?,29-,30?,33-,34+,35+,36+/m0/s1. The van der Waals surface area contributed by atoms with Crippen LogP contribution in [-0.4, -0.2) is 63.3 Å². The van der Waals surface area contributed by atoms with Crippen molar-refractivity contribution in [2.45, 2.75) is 150 Å². The van der Waals surface area contributed by atoms with Crippen LogP contribution in [0.2, 0.25) is 0 Å². The molecule has 1 aliphatic heterocycles. The summed E-state index contributed by atoms with van der Waals surface area (Å²) in [6.45, 7) is 16.5. The summed E-state index contributed by atoms with van der Waals surface area (Å²) in [7, 11) is 0. The van der Waals surface area contributed by atoms with Gasteiger partial charge >= 0.3 is 0 Å². The van der Waals surface area contributed by atoms with Gasteiger partial charge in [0.15, 0.2) is 0 Å². The molecule has 6 unspecified atom stereocenters. The average molecular weight is 587 g/mol. The zero-order valence-corrected chi connectivity index (χ0v) is 27.3. The minimum Gasteiger partial charge on any atom is -0.394 e. The molecule has 1 saturated heterocycles. The van der Waals surface area contributed by atoms with Crippen molar-refractivity contribution in [1.29, 1.82) is 0 Å². The van der Waals surface area contributed by atoms with Gasteiger partial charge in [-0.25, -0.2) is 0 Å². The molecule has 4 N–H and O–H groups in total. The monoisotopic (exact) mass is 586 g/mol. The molecule has 6 nitrogen and oxygen atoms in total. The van der Waals surface area contributed by atoms with Crippen molar-refractivity contribution in [3.8, 4) is 0 Å². The van der Waals surface area contributed by atoms with Gasteiger partial charge in [-0.15, -0.1) is 0 Å². The van der Waals surface area contributed by atoms with E-state index in [0.29, 0.717) is 36.4 Å². The molecule has 238 valence electrons. The van der Waals surface area contributed by atoms with E-state index in [1.165, 1.54) is 0 Å². The zero-order valence-electron chi connectivity index (χ0n) is 27.3. The maximum Gasteiger partial charge on any atom is 0.138 e. The smallest absolute Gasteiger partial charge is 0.138 e. The Labute approximate surface area is 253 Å². The van der Waals surface area contributed by atoms with Gasteiger partial charge in [0.25, 0.3) is 0 Å². The van der Waals surface area contributed by atoms with Crippen LogP contribution < -0.4 is 0 Å². The lowest BCUT2D eigenvalue weighted by Gasteiger charge is -2.71. The molecule has 0 aromatic heterocycles. The zero-order chi connectivity index (χ0) is 30.7. The maximum atomic E-state index is 13.1. The fourth-order valence-electron chi connectivity index (χ4n) is 12.3. The Hall–Kier alpha value is -0.790. The van der Waals surface area contributed by atoms with Crippen LogP contribution in [0.15, 0.2) is 11.6 Å². The second-order valence-electron chi connectivity index (χ2n) is 17.8. The van der Waals surface area contributed by atoms with Crippen LogP contribution in [0.5, 0.6) is 0 Å². The highest BCUT2D eigenvalue weighted by molar-refractivity contribution is 5.85. The largest absolute Gasteiger partial charge is 0.394 e. The molecular weight excluding hydrogens is 528 g/mol. The van der Waals surface area contributed by atoms with Crippen molar-refractivity contribution < 1.29 is 30.0 Å². The van der Waals surface area contributed by atoms with Gasteiger partial charge in [0.05, 0.1) is 12.7 Å². The Morgan fingerprint density at radius 3 is 2.19 bits per heavy atom. The van der Waals surface area contributed by atoms with Gasteiger partial charge in [0, 0.05) is 11.8 Å². The van der Waals surface area contributed by atoms with E-state index < -0.39 is 30.5 Å². The van der Waals surface area contributed by atoms with Crippen LogP contribution in [0.4, 0.5) is 0 Å². The van der Waals surface area contributed by atoms with E-state index >= 15 is 0 Å². The van der Waals surface area contributed by atoms with Crippen molar-refractivity contribution in [2.75, 3.05) is 6.61 Å². The van der Waals surface area contributed by atoms with E-state index in [2.05, 4.69) is 54.5 Å². The van der Waals surface area contributed by atoms with E-state index in [-0.39, 0.29) is 39.1 Å². The van der Waals surface area contributed by atoms with Crippen molar-refractivity contribution in [3.63, 3.8) is 0 Å². The minimum atomic E-state index is -1.32. The molecule has 5 fully saturated rings. The number of hydrogen-bond donors (Lipinski definition) is 4. The summed E-state index contributed by atoms with van der Waals surface area (Å²) in [5, 5.41) is 42.0. The minimum absolute atomic E-state index is 0.0436. The molecule has 6 rings (SSSR count). The molecule has 0 aromatic carbocycles. The highest BCUT2D eigenvalue weighted by atomic mass is 16.5. The summed E-state index contributed by atoms with van der Waals surface area (Å²) in [5.74, 6) is 1.82. The summed E-state index contributed by atoms with van der Waals surface area (Å²) >= 11 is 0. The van der Waals surface area contributed by atoms with Gasteiger partial charge < -0.3 is 25.2 Å². The molecule has 42 heavy (non-hydrogen) atoms. The first kappa shape index (κ1) is 31.2. The van der Waals surface area contributed by atoms with Crippen LogP contribution in [0.1, 0.15) is 119 Å². The first-order valence-corrected chi connectivity index (χ1v) is 17.0. The van der Waals surface area contributed by atoms with Gasteiger partial charge in [-0.05, 0) is 109 Å². The molecule has 4 saturated carbocycles. The number of aliphatic hydroxyl groups excluding tert-OH is 4. The number of ether oxygens (including phenoxy) is 1. The third-order valence-electron chi connectivity index (χ3n) is 15.2. The molecule has 0 bridgehead atoms. The number of carbonyl (C=O) groups excluding carboxylic acids is 1. The van der Waals surface area contributed by atoms with Gasteiger partial charge in [0.2, 0.25) is 0 Å². The second kappa shape index (κ2) is 9.85. The highest BCUT2D eigenvalue weighted by Crippen LogP contribution is 2.76. The Bertz CT molecular complexity index is 1130. The van der Waals surface area contributed by atoms with Gasteiger partial charge in [-0.2, -0.15) is 0 Å². The maximum absolute atomic E-state index is 13.1. The fraction of sp³-hybridized carbons (Fsp3) is 0.917. The number of allylic oxidation sites excluding steroid dienone is 2. The summed E-state index contributed by atoms with van der Waals surface area (Å²) in [6, 6.07) is 0. The van der Waals surface area contributed by atoms with Crippen LogP contribution in [0, 0.1) is 50.2 Å². The quantitative estimate of drug-likeness (QED) is 0.321. The van der Waals surface area contributed by atoms with Crippen molar-refractivity contribution in [1.82, 2.24) is 0 Å². The second-order valence-corrected chi connectivity index (χ2v) is 17.8. The summed E-state index contributed by atoms with van der Waals surface area (Å²) in [5.41, 5.74) is 1.95. The van der Waals surface area contributed by atoms with Gasteiger partial charge in [-0.3, -0.25) is 4.79 Å². The summed E-state index contributed by atoms with van der Waals surface area (Å²) in [4.78, 5) is 13.1. The van der Waals surface area contributed by atoms with E-state index in [0.717, 1.165) is 57.8 Å². The lowest BCUT2D eigenvalue weighted by Crippen LogP contribution is -2.64. The Balaban J connectivity index is 1.37. The average Bonchev–Trinajstić information content (AvgIpc) is 2.92.